The van der Waals surface area contributed by atoms with Gasteiger partial charge in [0.05, 0.1) is 19.7 Å². The number of alkyl halides is 2. The van der Waals surface area contributed by atoms with Crippen molar-refractivity contribution in [2.45, 2.75) is 6.43 Å². The molecule has 1 aromatic carbocycles. The van der Waals surface area contributed by atoms with Crippen molar-refractivity contribution in [1.29, 1.82) is 0 Å². The zero-order chi connectivity index (χ0) is 14.3. The van der Waals surface area contributed by atoms with Crippen LogP contribution in [0, 0.1) is 0 Å². The van der Waals surface area contributed by atoms with Crippen molar-refractivity contribution in [3.63, 3.8) is 0 Å². The molecule has 106 valence electrons. The maximum absolute atomic E-state index is 12.3. The van der Waals surface area contributed by atoms with Gasteiger partial charge >= 0.3 is 0 Å². The Morgan fingerprint density at radius 1 is 1.37 bits per heavy atom. The quantitative estimate of drug-likeness (QED) is 0.641. The summed E-state index contributed by atoms with van der Waals surface area (Å²) in [6.45, 7) is -0.994. The predicted molar refractivity (Wildman–Crippen MR) is 69.0 cm³/mol. The summed E-state index contributed by atoms with van der Waals surface area (Å²) in [5, 5.41) is 11.3. The highest BCUT2D eigenvalue weighted by molar-refractivity contribution is 5.92. The number of hydrogen-bond donors (Lipinski definition) is 3. The molecular formula is C12H17F2N3O2. The van der Waals surface area contributed by atoms with Crippen LogP contribution in [0.5, 0.6) is 0 Å². The average Bonchev–Trinajstić information content (AvgIpc) is 2.31. The maximum atomic E-state index is 12.3. The van der Waals surface area contributed by atoms with Gasteiger partial charge in [0.25, 0.3) is 6.43 Å². The Morgan fingerprint density at radius 2 is 2.00 bits per heavy atom. The molecule has 5 nitrogen and oxygen atoms in total. The molecule has 0 unspecified atom stereocenters. The van der Waals surface area contributed by atoms with E-state index in [-0.39, 0.29) is 19.7 Å². The normalized spacial score (nSPS) is 11.0. The Morgan fingerprint density at radius 3 is 2.53 bits per heavy atom. The molecule has 0 fully saturated rings. The Hall–Kier alpha value is -1.73. The van der Waals surface area contributed by atoms with Gasteiger partial charge in [0.15, 0.2) is 0 Å². The summed E-state index contributed by atoms with van der Waals surface area (Å²) in [4.78, 5) is 12.8. The zero-order valence-corrected chi connectivity index (χ0v) is 10.4. The molecule has 7 heteroatoms. The Bertz CT molecular complexity index is 398. The van der Waals surface area contributed by atoms with Gasteiger partial charge in [0, 0.05) is 17.9 Å². The number of carbonyl (C=O) groups is 1. The van der Waals surface area contributed by atoms with Crippen LogP contribution in [0.4, 0.5) is 20.2 Å². The van der Waals surface area contributed by atoms with Crippen LogP contribution in [0.15, 0.2) is 24.3 Å². The van der Waals surface area contributed by atoms with E-state index < -0.39 is 18.9 Å². The molecule has 0 radical (unpaired) electrons. The molecule has 0 saturated heterocycles. The second-order valence-corrected chi connectivity index (χ2v) is 4.02. The van der Waals surface area contributed by atoms with E-state index in [2.05, 4.69) is 5.32 Å². The lowest BCUT2D eigenvalue weighted by Crippen LogP contribution is -2.38. The number of halogens is 2. The topological polar surface area (TPSA) is 78.6 Å². The number of nitrogen functional groups attached to an aromatic ring is 1. The van der Waals surface area contributed by atoms with Crippen LogP contribution in [-0.4, -0.2) is 48.6 Å². The smallest absolute Gasteiger partial charge is 0.251 e. The van der Waals surface area contributed by atoms with E-state index in [1.54, 1.807) is 24.3 Å². The van der Waals surface area contributed by atoms with Crippen LogP contribution in [0.1, 0.15) is 0 Å². The molecule has 0 spiro atoms. The van der Waals surface area contributed by atoms with Gasteiger partial charge in [-0.2, -0.15) is 0 Å². The van der Waals surface area contributed by atoms with Crippen LogP contribution in [0.25, 0.3) is 0 Å². The second-order valence-electron chi connectivity index (χ2n) is 4.02. The van der Waals surface area contributed by atoms with Crippen molar-refractivity contribution in [2.24, 2.45) is 0 Å². The fourth-order valence-corrected chi connectivity index (χ4v) is 1.54. The molecule has 0 bridgehead atoms. The van der Waals surface area contributed by atoms with Crippen LogP contribution in [-0.2, 0) is 4.79 Å². The van der Waals surface area contributed by atoms with Crippen molar-refractivity contribution in [2.75, 3.05) is 37.3 Å². The SMILES string of the molecule is Nc1ccc(NC(=O)CN(CCO)CC(F)F)cc1. The summed E-state index contributed by atoms with van der Waals surface area (Å²) >= 11 is 0. The molecular weight excluding hydrogens is 256 g/mol. The summed E-state index contributed by atoms with van der Waals surface area (Å²) in [6, 6.07) is 6.49. The highest BCUT2D eigenvalue weighted by Gasteiger charge is 2.15. The monoisotopic (exact) mass is 273 g/mol. The first-order chi connectivity index (χ1) is 9.01. The molecule has 0 atom stereocenters. The third-order valence-corrected chi connectivity index (χ3v) is 2.37. The first kappa shape index (κ1) is 15.3. The van der Waals surface area contributed by atoms with Crippen LogP contribution < -0.4 is 11.1 Å². The lowest BCUT2D eigenvalue weighted by molar-refractivity contribution is -0.117. The highest BCUT2D eigenvalue weighted by atomic mass is 19.3. The number of carbonyl (C=O) groups excluding carboxylic acids is 1. The number of anilines is 2. The number of benzene rings is 1. The van der Waals surface area contributed by atoms with E-state index >= 15 is 0 Å². The molecule has 1 aromatic rings. The molecule has 0 aliphatic rings. The molecule has 1 rings (SSSR count). The number of amides is 1. The molecule has 0 aromatic heterocycles. The van der Waals surface area contributed by atoms with Gasteiger partial charge in [-0.1, -0.05) is 0 Å². The summed E-state index contributed by atoms with van der Waals surface area (Å²) in [5.41, 5.74) is 6.61. The van der Waals surface area contributed by atoms with E-state index in [1.165, 1.54) is 4.90 Å². The van der Waals surface area contributed by atoms with Gasteiger partial charge in [-0.25, -0.2) is 8.78 Å². The fraction of sp³-hybridized carbons (Fsp3) is 0.417. The molecule has 4 N–H and O–H groups in total. The predicted octanol–water partition coefficient (Wildman–Crippen LogP) is 0.767. The summed E-state index contributed by atoms with van der Waals surface area (Å²) < 4.78 is 24.5. The Labute approximate surface area is 110 Å². The third kappa shape index (κ3) is 6.12. The molecule has 19 heavy (non-hydrogen) atoms. The van der Waals surface area contributed by atoms with Crippen LogP contribution >= 0.6 is 0 Å². The summed E-state index contributed by atoms with van der Waals surface area (Å²) in [7, 11) is 0. The van der Waals surface area contributed by atoms with Gasteiger partial charge in [0.1, 0.15) is 0 Å². The zero-order valence-electron chi connectivity index (χ0n) is 10.4. The molecule has 1 amide bonds. The third-order valence-electron chi connectivity index (χ3n) is 2.37. The Kier molecular flexibility index (Phi) is 6.17. The minimum absolute atomic E-state index is 0.0273. The second kappa shape index (κ2) is 7.65. The van der Waals surface area contributed by atoms with E-state index in [4.69, 9.17) is 10.8 Å². The number of nitrogens with one attached hydrogen (secondary N) is 1. The van der Waals surface area contributed by atoms with Crippen molar-refractivity contribution < 1.29 is 18.7 Å². The lowest BCUT2D eigenvalue weighted by atomic mass is 10.3. The number of rotatable bonds is 7. The minimum atomic E-state index is -2.55. The van der Waals surface area contributed by atoms with Crippen molar-refractivity contribution in [3.05, 3.63) is 24.3 Å². The van der Waals surface area contributed by atoms with Crippen molar-refractivity contribution in [1.82, 2.24) is 4.90 Å². The molecule has 0 heterocycles. The van der Waals surface area contributed by atoms with Gasteiger partial charge < -0.3 is 16.2 Å². The number of aliphatic hydroxyl groups is 1. The van der Waals surface area contributed by atoms with E-state index in [0.29, 0.717) is 11.4 Å². The van der Waals surface area contributed by atoms with Crippen LogP contribution in [0.2, 0.25) is 0 Å². The molecule has 0 saturated carbocycles. The Balaban J connectivity index is 2.49. The van der Waals surface area contributed by atoms with Gasteiger partial charge in [-0.3, -0.25) is 9.69 Å². The number of hydrogen-bond acceptors (Lipinski definition) is 4. The van der Waals surface area contributed by atoms with Crippen molar-refractivity contribution in [3.8, 4) is 0 Å². The van der Waals surface area contributed by atoms with E-state index in [0.717, 1.165) is 0 Å². The van der Waals surface area contributed by atoms with Gasteiger partial charge in [-0.15, -0.1) is 0 Å². The van der Waals surface area contributed by atoms with Crippen molar-refractivity contribution >= 4 is 17.3 Å². The largest absolute Gasteiger partial charge is 0.399 e. The summed E-state index contributed by atoms with van der Waals surface area (Å²) in [5.74, 6) is -0.418. The number of nitrogens with zero attached hydrogens (tertiary/aromatic N) is 1. The minimum Gasteiger partial charge on any atom is -0.399 e. The first-order valence-corrected chi connectivity index (χ1v) is 5.78. The van der Waals surface area contributed by atoms with Crippen LogP contribution in [0.3, 0.4) is 0 Å². The standard InChI is InChI=1S/C12H17F2N3O2/c13-11(14)7-17(5-6-18)8-12(19)16-10-3-1-9(15)2-4-10/h1-4,11,18H,5-8,15H2,(H,16,19). The molecule has 0 aliphatic heterocycles. The van der Waals surface area contributed by atoms with E-state index in [1.807, 2.05) is 0 Å². The average molecular weight is 273 g/mol. The maximum Gasteiger partial charge on any atom is 0.251 e. The number of aliphatic hydroxyl groups excluding tert-OH is 1. The molecule has 0 aliphatic carbocycles. The van der Waals surface area contributed by atoms with Gasteiger partial charge in [0.2, 0.25) is 5.91 Å². The number of nitrogens with two attached hydrogens (primary N) is 1. The fourth-order valence-electron chi connectivity index (χ4n) is 1.54. The van der Waals surface area contributed by atoms with E-state index in [9.17, 15) is 13.6 Å². The highest BCUT2D eigenvalue weighted by Crippen LogP contribution is 2.10. The lowest BCUT2D eigenvalue weighted by Gasteiger charge is -2.20. The summed E-state index contributed by atoms with van der Waals surface area (Å²) in [6.07, 6.45) is -2.55. The first-order valence-electron chi connectivity index (χ1n) is 5.78. The van der Waals surface area contributed by atoms with Gasteiger partial charge in [-0.05, 0) is 24.3 Å².